The summed E-state index contributed by atoms with van der Waals surface area (Å²) < 4.78 is 20.8. The van der Waals surface area contributed by atoms with Gasteiger partial charge in [0, 0.05) is 49.9 Å². The number of piperazine rings is 1. The highest BCUT2D eigenvalue weighted by Gasteiger charge is 2.23. The molecule has 1 amide bonds. The average molecular weight is 494 g/mol. The molecule has 0 atom stereocenters. The topological polar surface area (TPSA) is 80.0 Å². The van der Waals surface area contributed by atoms with Gasteiger partial charge in [-0.25, -0.2) is 9.37 Å². The molecule has 0 radical (unpaired) electrons. The normalized spacial score (nSPS) is 14.4. The van der Waals surface area contributed by atoms with Crippen molar-refractivity contribution in [1.82, 2.24) is 24.4 Å². The number of aromatic nitrogens is 3. The van der Waals surface area contributed by atoms with Gasteiger partial charge >= 0.3 is 0 Å². The Morgan fingerprint density at radius 2 is 1.83 bits per heavy atom. The first kappa shape index (κ1) is 23.1. The fourth-order valence-corrected chi connectivity index (χ4v) is 5.01. The standard InChI is InChI=1S/C25H24FN5O3S/c1-2-34-19-9-7-17(8-10-19)24(33)30-13-11-29(12-14-30)16-18-15-22(32)31-25(27-18)35-23(28-31)20-5-3-4-6-21(20)26/h3-10,15H,2,11-14,16H2,1H3. The van der Waals surface area contributed by atoms with Gasteiger partial charge in [-0.3, -0.25) is 14.5 Å². The largest absolute Gasteiger partial charge is 0.494 e. The number of nitrogens with zero attached hydrogens (tertiary/aromatic N) is 5. The number of hydrogen-bond donors (Lipinski definition) is 0. The molecule has 1 aliphatic rings. The maximum atomic E-state index is 14.2. The van der Waals surface area contributed by atoms with Crippen molar-refractivity contribution >= 4 is 22.2 Å². The van der Waals surface area contributed by atoms with Crippen molar-refractivity contribution in [2.45, 2.75) is 13.5 Å². The van der Waals surface area contributed by atoms with Crippen LogP contribution in [-0.4, -0.2) is 63.1 Å². The number of carbonyl (C=O) groups excluding carboxylic acids is 1. The zero-order valence-corrected chi connectivity index (χ0v) is 20.0. The van der Waals surface area contributed by atoms with Crippen LogP contribution in [0.4, 0.5) is 4.39 Å². The summed E-state index contributed by atoms with van der Waals surface area (Å²) in [5, 5.41) is 4.67. The molecule has 0 unspecified atom stereocenters. The van der Waals surface area contributed by atoms with Gasteiger partial charge in [-0.1, -0.05) is 23.5 Å². The van der Waals surface area contributed by atoms with Crippen LogP contribution >= 0.6 is 11.3 Å². The van der Waals surface area contributed by atoms with Crippen LogP contribution in [0, 0.1) is 5.82 Å². The van der Waals surface area contributed by atoms with Crippen molar-refractivity contribution in [2.24, 2.45) is 0 Å². The Hall–Kier alpha value is -3.63. The van der Waals surface area contributed by atoms with Crippen molar-refractivity contribution in [2.75, 3.05) is 32.8 Å². The first-order chi connectivity index (χ1) is 17.0. The Morgan fingerprint density at radius 1 is 1.09 bits per heavy atom. The Bertz CT molecular complexity index is 1410. The first-order valence-electron chi connectivity index (χ1n) is 11.4. The van der Waals surface area contributed by atoms with Crippen molar-refractivity contribution in [3.8, 4) is 16.3 Å². The molecule has 2 aromatic carbocycles. The molecule has 180 valence electrons. The number of carbonyl (C=O) groups is 1. The van der Waals surface area contributed by atoms with Gasteiger partial charge in [0.1, 0.15) is 11.6 Å². The molecule has 0 bridgehead atoms. The summed E-state index contributed by atoms with van der Waals surface area (Å²) in [4.78, 5) is 34.5. The van der Waals surface area contributed by atoms with Gasteiger partial charge in [-0.05, 0) is 43.3 Å². The molecule has 1 saturated heterocycles. The summed E-state index contributed by atoms with van der Waals surface area (Å²) in [6.07, 6.45) is 0. The number of rotatable bonds is 6. The van der Waals surface area contributed by atoms with E-state index < -0.39 is 5.82 Å². The Balaban J connectivity index is 1.24. The molecule has 8 nitrogen and oxygen atoms in total. The lowest BCUT2D eigenvalue weighted by molar-refractivity contribution is 0.0627. The predicted molar refractivity (Wildman–Crippen MR) is 131 cm³/mol. The smallest absolute Gasteiger partial charge is 0.275 e. The van der Waals surface area contributed by atoms with Crippen molar-refractivity contribution in [3.05, 3.63) is 82.0 Å². The maximum Gasteiger partial charge on any atom is 0.275 e. The lowest BCUT2D eigenvalue weighted by Gasteiger charge is -2.34. The van der Waals surface area contributed by atoms with Crippen LogP contribution in [0.25, 0.3) is 15.5 Å². The van der Waals surface area contributed by atoms with Crippen LogP contribution in [0.15, 0.2) is 59.4 Å². The van der Waals surface area contributed by atoms with Crippen LogP contribution < -0.4 is 10.3 Å². The third-order valence-electron chi connectivity index (χ3n) is 5.86. The van der Waals surface area contributed by atoms with Crippen LogP contribution in [0.3, 0.4) is 0 Å². The molecule has 2 aromatic heterocycles. The maximum absolute atomic E-state index is 14.2. The second-order valence-corrected chi connectivity index (χ2v) is 9.15. The van der Waals surface area contributed by atoms with E-state index in [-0.39, 0.29) is 11.5 Å². The van der Waals surface area contributed by atoms with E-state index in [2.05, 4.69) is 15.0 Å². The Morgan fingerprint density at radius 3 is 2.54 bits per heavy atom. The van der Waals surface area contributed by atoms with Crippen LogP contribution in [0.2, 0.25) is 0 Å². The summed E-state index contributed by atoms with van der Waals surface area (Å²) in [5.41, 5.74) is 1.31. The fraction of sp³-hybridized carbons (Fsp3) is 0.280. The van der Waals surface area contributed by atoms with Crippen LogP contribution in [-0.2, 0) is 6.54 Å². The number of hydrogen-bond acceptors (Lipinski definition) is 7. The molecule has 0 spiro atoms. The minimum Gasteiger partial charge on any atom is -0.494 e. The third-order valence-corrected chi connectivity index (χ3v) is 6.80. The third kappa shape index (κ3) is 4.94. The molecule has 1 fully saturated rings. The van der Waals surface area contributed by atoms with E-state index >= 15 is 0 Å². The van der Waals surface area contributed by atoms with Crippen LogP contribution in [0.1, 0.15) is 23.0 Å². The van der Waals surface area contributed by atoms with Crippen molar-refractivity contribution in [1.29, 1.82) is 0 Å². The predicted octanol–water partition coefficient (Wildman–Crippen LogP) is 3.31. The number of ether oxygens (including phenoxy) is 1. The fourth-order valence-electron chi connectivity index (χ4n) is 4.06. The number of halogens is 1. The number of fused-ring (bicyclic) bond motifs is 1. The van der Waals surface area contributed by atoms with Crippen LogP contribution in [0.5, 0.6) is 5.75 Å². The highest BCUT2D eigenvalue weighted by Crippen LogP contribution is 2.26. The van der Waals surface area contributed by atoms with E-state index in [1.165, 1.54) is 28.0 Å². The van der Waals surface area contributed by atoms with Gasteiger partial charge in [-0.15, -0.1) is 0 Å². The molecule has 35 heavy (non-hydrogen) atoms. The molecule has 10 heteroatoms. The minimum atomic E-state index is -0.391. The molecular weight excluding hydrogens is 469 g/mol. The minimum absolute atomic E-state index is 0.00387. The van der Waals surface area contributed by atoms with E-state index in [1.54, 1.807) is 30.3 Å². The van der Waals surface area contributed by atoms with Gasteiger partial charge in [0.15, 0.2) is 5.01 Å². The molecule has 1 aliphatic heterocycles. The molecule has 5 rings (SSSR count). The summed E-state index contributed by atoms with van der Waals surface area (Å²) in [6, 6.07) is 15.0. The van der Waals surface area contributed by atoms with Gasteiger partial charge in [-0.2, -0.15) is 9.61 Å². The van der Waals surface area contributed by atoms with Crippen molar-refractivity contribution < 1.29 is 13.9 Å². The van der Waals surface area contributed by atoms with Gasteiger partial charge in [0.05, 0.1) is 12.3 Å². The average Bonchev–Trinajstić information content (AvgIpc) is 3.30. The molecule has 4 aromatic rings. The summed E-state index contributed by atoms with van der Waals surface area (Å²) in [7, 11) is 0. The highest BCUT2D eigenvalue weighted by molar-refractivity contribution is 7.19. The van der Waals surface area contributed by atoms with E-state index in [1.807, 2.05) is 24.0 Å². The van der Waals surface area contributed by atoms with E-state index in [4.69, 9.17) is 4.74 Å². The molecule has 0 N–H and O–H groups in total. The summed E-state index contributed by atoms with van der Waals surface area (Å²) in [6.45, 7) is 5.52. The number of amides is 1. The van der Waals surface area contributed by atoms with Gasteiger partial charge in [0.2, 0.25) is 4.96 Å². The molecule has 0 aliphatic carbocycles. The van der Waals surface area contributed by atoms with E-state index in [0.29, 0.717) is 66.1 Å². The monoisotopic (exact) mass is 493 g/mol. The van der Waals surface area contributed by atoms with E-state index in [0.717, 1.165) is 5.75 Å². The molecule has 3 heterocycles. The first-order valence-corrected chi connectivity index (χ1v) is 12.2. The van der Waals surface area contributed by atoms with Gasteiger partial charge < -0.3 is 9.64 Å². The lowest BCUT2D eigenvalue weighted by atomic mass is 10.1. The zero-order chi connectivity index (χ0) is 24.4. The quantitative estimate of drug-likeness (QED) is 0.410. The second kappa shape index (κ2) is 9.93. The second-order valence-electron chi connectivity index (χ2n) is 8.19. The van der Waals surface area contributed by atoms with Gasteiger partial charge in [0.25, 0.3) is 11.5 Å². The lowest BCUT2D eigenvalue weighted by Crippen LogP contribution is -2.48. The SMILES string of the molecule is CCOc1ccc(C(=O)N2CCN(Cc3cc(=O)n4nc(-c5ccccc5F)sc4n3)CC2)cc1. The summed E-state index contributed by atoms with van der Waals surface area (Å²) >= 11 is 1.18. The molecular formula is C25H24FN5O3S. The zero-order valence-electron chi connectivity index (χ0n) is 19.2. The Kier molecular flexibility index (Phi) is 6.56. The Labute approximate surface area is 205 Å². The highest BCUT2D eigenvalue weighted by atomic mass is 32.1. The summed E-state index contributed by atoms with van der Waals surface area (Å²) in [5.74, 6) is 0.351. The van der Waals surface area contributed by atoms with Crippen molar-refractivity contribution in [3.63, 3.8) is 0 Å². The number of benzene rings is 2. The molecule has 0 saturated carbocycles. The van der Waals surface area contributed by atoms with E-state index in [9.17, 15) is 14.0 Å².